The van der Waals surface area contributed by atoms with Gasteiger partial charge in [0.05, 0.1) is 12.1 Å². The molecule has 2 amide bonds. The third kappa shape index (κ3) is 5.87. The van der Waals surface area contributed by atoms with Crippen LogP contribution in [-0.4, -0.2) is 42.8 Å². The molecule has 0 radical (unpaired) electrons. The number of amides is 2. The summed E-state index contributed by atoms with van der Waals surface area (Å²) in [5, 5.41) is 14.1. The van der Waals surface area contributed by atoms with Gasteiger partial charge in [0.15, 0.2) is 0 Å². The summed E-state index contributed by atoms with van der Waals surface area (Å²) in [5.74, 6) is 3.57. The fourth-order valence-corrected chi connectivity index (χ4v) is 4.07. The number of benzene rings is 3. The summed E-state index contributed by atoms with van der Waals surface area (Å²) < 4.78 is 5.43. The topological polar surface area (TPSA) is 105 Å². The van der Waals surface area contributed by atoms with Gasteiger partial charge in [-0.25, -0.2) is 9.59 Å². The molecule has 1 aliphatic carbocycles. The van der Waals surface area contributed by atoms with E-state index in [9.17, 15) is 14.4 Å². The molecular formula is C28H24N2O5. The van der Waals surface area contributed by atoms with Gasteiger partial charge in [-0.15, -0.1) is 0 Å². The average molecular weight is 469 g/mol. The SMILES string of the molecule is O=C(C#CCNC(=O)OCC1c2ccccc2-c2ccccc21)NCCc1ccc(C(=O)O)cc1. The second-order valence-corrected chi connectivity index (χ2v) is 7.99. The van der Waals surface area contributed by atoms with Crippen molar-refractivity contribution in [1.82, 2.24) is 10.6 Å². The van der Waals surface area contributed by atoms with Gasteiger partial charge in [0.25, 0.3) is 5.91 Å². The van der Waals surface area contributed by atoms with Gasteiger partial charge in [0.1, 0.15) is 6.61 Å². The number of rotatable bonds is 7. The summed E-state index contributed by atoms with van der Waals surface area (Å²) >= 11 is 0. The highest BCUT2D eigenvalue weighted by atomic mass is 16.5. The Hall–Kier alpha value is -4.57. The zero-order chi connectivity index (χ0) is 24.6. The lowest BCUT2D eigenvalue weighted by Crippen LogP contribution is -2.27. The van der Waals surface area contributed by atoms with Crippen LogP contribution in [0.2, 0.25) is 0 Å². The molecule has 0 unspecified atom stereocenters. The molecule has 0 saturated carbocycles. The summed E-state index contributed by atoms with van der Waals surface area (Å²) in [6, 6.07) is 22.7. The Morgan fingerprint density at radius 2 is 1.49 bits per heavy atom. The molecule has 0 aliphatic heterocycles. The molecule has 0 heterocycles. The maximum atomic E-state index is 12.1. The predicted molar refractivity (Wildman–Crippen MR) is 131 cm³/mol. The first-order valence-corrected chi connectivity index (χ1v) is 11.2. The number of fused-ring (bicyclic) bond motifs is 3. The number of nitrogens with one attached hydrogen (secondary N) is 2. The van der Waals surface area contributed by atoms with Crippen molar-refractivity contribution in [3.05, 3.63) is 95.1 Å². The molecule has 1 aliphatic rings. The number of carboxylic acids is 1. The standard InChI is InChI=1S/C28H24N2O5/c31-26(29-17-15-19-11-13-20(14-12-19)27(32)33)10-5-16-30-28(34)35-18-25-23-8-3-1-6-21(23)22-7-2-4-9-24(22)25/h1-4,6-9,11-14,25H,15-18H2,(H,29,31)(H,30,34)(H,32,33). The van der Waals surface area contributed by atoms with Crippen molar-refractivity contribution in [2.75, 3.05) is 19.7 Å². The Kier molecular flexibility index (Phi) is 7.44. The monoisotopic (exact) mass is 468 g/mol. The van der Waals surface area contributed by atoms with E-state index in [4.69, 9.17) is 9.84 Å². The van der Waals surface area contributed by atoms with Crippen LogP contribution >= 0.6 is 0 Å². The maximum absolute atomic E-state index is 12.1. The van der Waals surface area contributed by atoms with Crippen LogP contribution in [0.25, 0.3) is 11.1 Å². The Morgan fingerprint density at radius 3 is 2.11 bits per heavy atom. The van der Waals surface area contributed by atoms with Crippen molar-refractivity contribution in [1.29, 1.82) is 0 Å². The van der Waals surface area contributed by atoms with E-state index in [1.165, 1.54) is 12.1 Å². The van der Waals surface area contributed by atoms with E-state index in [0.29, 0.717) is 13.0 Å². The highest BCUT2D eigenvalue weighted by Gasteiger charge is 2.28. The van der Waals surface area contributed by atoms with Crippen molar-refractivity contribution in [2.24, 2.45) is 0 Å². The molecule has 0 saturated heterocycles. The van der Waals surface area contributed by atoms with Crippen LogP contribution in [-0.2, 0) is 16.0 Å². The lowest BCUT2D eigenvalue weighted by molar-refractivity contribution is -0.115. The summed E-state index contributed by atoms with van der Waals surface area (Å²) in [7, 11) is 0. The van der Waals surface area contributed by atoms with Gasteiger partial charge in [0, 0.05) is 12.5 Å². The van der Waals surface area contributed by atoms with E-state index in [0.717, 1.165) is 27.8 Å². The average Bonchev–Trinajstić information content (AvgIpc) is 3.19. The van der Waals surface area contributed by atoms with Crippen LogP contribution in [0, 0.1) is 11.8 Å². The number of ether oxygens (including phenoxy) is 1. The fourth-order valence-electron chi connectivity index (χ4n) is 4.07. The molecule has 7 nitrogen and oxygen atoms in total. The normalized spacial score (nSPS) is 11.4. The van der Waals surface area contributed by atoms with Gasteiger partial charge < -0.3 is 20.5 Å². The minimum atomic E-state index is -0.980. The van der Waals surface area contributed by atoms with Crippen LogP contribution in [0.15, 0.2) is 72.8 Å². The lowest BCUT2D eigenvalue weighted by atomic mass is 9.98. The highest BCUT2D eigenvalue weighted by Crippen LogP contribution is 2.44. The minimum absolute atomic E-state index is 0.0132. The van der Waals surface area contributed by atoms with Crippen molar-refractivity contribution >= 4 is 18.0 Å². The summed E-state index contributed by atoms with van der Waals surface area (Å²) in [5.41, 5.74) is 5.71. The van der Waals surface area contributed by atoms with Gasteiger partial charge in [-0.05, 0) is 52.3 Å². The van der Waals surface area contributed by atoms with E-state index in [-0.39, 0.29) is 24.6 Å². The molecule has 176 valence electrons. The summed E-state index contributed by atoms with van der Waals surface area (Å²) in [6.07, 6.45) is -0.0444. The first-order chi connectivity index (χ1) is 17.0. The Bertz CT molecular complexity index is 1260. The maximum Gasteiger partial charge on any atom is 0.407 e. The molecular weight excluding hydrogens is 444 g/mol. The summed E-state index contributed by atoms with van der Waals surface area (Å²) in [4.78, 5) is 34.8. The van der Waals surface area contributed by atoms with Crippen molar-refractivity contribution in [2.45, 2.75) is 12.3 Å². The minimum Gasteiger partial charge on any atom is -0.478 e. The molecule has 0 bridgehead atoms. The lowest BCUT2D eigenvalue weighted by Gasteiger charge is -2.14. The van der Waals surface area contributed by atoms with Crippen molar-refractivity contribution in [3.8, 4) is 23.0 Å². The molecule has 0 fully saturated rings. The quantitative estimate of drug-likeness (QED) is 0.460. The van der Waals surface area contributed by atoms with Crippen LogP contribution in [0.1, 0.15) is 33.0 Å². The van der Waals surface area contributed by atoms with E-state index in [1.807, 2.05) is 24.3 Å². The molecule has 4 rings (SSSR count). The van der Waals surface area contributed by atoms with Gasteiger partial charge in [-0.3, -0.25) is 4.79 Å². The number of hydrogen-bond donors (Lipinski definition) is 3. The number of carbonyl (C=O) groups excluding carboxylic acids is 2. The first kappa shape index (κ1) is 23.6. The number of hydrogen-bond acceptors (Lipinski definition) is 4. The van der Waals surface area contributed by atoms with Crippen LogP contribution < -0.4 is 10.6 Å². The summed E-state index contributed by atoms with van der Waals surface area (Å²) in [6.45, 7) is 0.557. The fraction of sp³-hybridized carbons (Fsp3) is 0.179. The van der Waals surface area contributed by atoms with Crippen LogP contribution in [0.4, 0.5) is 4.79 Å². The van der Waals surface area contributed by atoms with Gasteiger partial charge >= 0.3 is 12.1 Å². The van der Waals surface area contributed by atoms with Crippen molar-refractivity contribution in [3.63, 3.8) is 0 Å². The van der Waals surface area contributed by atoms with E-state index < -0.39 is 18.0 Å². The number of aromatic carboxylic acids is 1. The van der Waals surface area contributed by atoms with Gasteiger partial charge in [-0.1, -0.05) is 66.6 Å². The molecule has 3 N–H and O–H groups in total. The number of carboxylic acid groups (broad SMARTS) is 1. The van der Waals surface area contributed by atoms with Crippen LogP contribution in [0.5, 0.6) is 0 Å². The number of carbonyl (C=O) groups is 3. The van der Waals surface area contributed by atoms with E-state index in [2.05, 4.69) is 46.7 Å². The zero-order valence-corrected chi connectivity index (χ0v) is 18.9. The Morgan fingerprint density at radius 1 is 0.857 bits per heavy atom. The zero-order valence-electron chi connectivity index (χ0n) is 18.9. The van der Waals surface area contributed by atoms with Crippen molar-refractivity contribution < 1.29 is 24.2 Å². The predicted octanol–water partition coefficient (Wildman–Crippen LogP) is 3.59. The van der Waals surface area contributed by atoms with Gasteiger partial charge in [-0.2, -0.15) is 0 Å². The smallest absolute Gasteiger partial charge is 0.407 e. The molecule has 7 heteroatoms. The molecule has 0 aromatic heterocycles. The Balaban J connectivity index is 1.18. The highest BCUT2D eigenvalue weighted by molar-refractivity contribution is 5.93. The Labute approximate surface area is 203 Å². The van der Waals surface area contributed by atoms with E-state index >= 15 is 0 Å². The second-order valence-electron chi connectivity index (χ2n) is 7.99. The molecule has 3 aromatic rings. The third-order valence-electron chi connectivity index (χ3n) is 5.77. The van der Waals surface area contributed by atoms with E-state index in [1.54, 1.807) is 12.1 Å². The third-order valence-corrected chi connectivity index (χ3v) is 5.77. The first-order valence-electron chi connectivity index (χ1n) is 11.2. The largest absolute Gasteiger partial charge is 0.478 e. The molecule has 0 spiro atoms. The molecule has 0 atom stereocenters. The second kappa shape index (κ2) is 11.0. The molecule has 35 heavy (non-hydrogen) atoms. The van der Waals surface area contributed by atoms with Crippen LogP contribution in [0.3, 0.4) is 0 Å². The van der Waals surface area contributed by atoms with Gasteiger partial charge in [0.2, 0.25) is 0 Å². The number of alkyl carbamates (subject to hydrolysis) is 1. The molecule has 3 aromatic carbocycles.